The molecular formula is C26H24N2O2S. The monoisotopic (exact) mass is 428 g/mol. The lowest BCUT2D eigenvalue weighted by Crippen LogP contribution is -2.26. The van der Waals surface area contributed by atoms with E-state index in [1.54, 1.807) is 12.1 Å². The minimum absolute atomic E-state index is 0.143. The van der Waals surface area contributed by atoms with Gasteiger partial charge in [0.05, 0.1) is 10.6 Å². The zero-order chi connectivity index (χ0) is 21.8. The van der Waals surface area contributed by atoms with E-state index in [2.05, 4.69) is 41.8 Å². The summed E-state index contributed by atoms with van der Waals surface area (Å²) in [6.45, 7) is 4.65. The number of aryl methyl sites for hydroxylation is 2. The molecule has 1 aliphatic heterocycles. The molecule has 0 radical (unpaired) electrons. The Morgan fingerprint density at radius 2 is 1.65 bits per heavy atom. The summed E-state index contributed by atoms with van der Waals surface area (Å²) >= 11 is 1.42. The van der Waals surface area contributed by atoms with Gasteiger partial charge in [-0.2, -0.15) is 0 Å². The van der Waals surface area contributed by atoms with E-state index >= 15 is 0 Å². The van der Waals surface area contributed by atoms with E-state index in [0.29, 0.717) is 22.7 Å². The van der Waals surface area contributed by atoms with Crippen molar-refractivity contribution in [3.8, 4) is 0 Å². The fraction of sp³-hybridized carbons (Fsp3) is 0.154. The number of benzene rings is 3. The van der Waals surface area contributed by atoms with Crippen LogP contribution >= 0.6 is 11.8 Å². The molecule has 0 unspecified atom stereocenters. The Morgan fingerprint density at radius 1 is 0.968 bits per heavy atom. The Balaban J connectivity index is 1.41. The van der Waals surface area contributed by atoms with E-state index in [1.165, 1.54) is 28.5 Å². The van der Waals surface area contributed by atoms with Crippen LogP contribution in [-0.2, 0) is 11.2 Å². The molecule has 1 aliphatic rings. The third-order valence-corrected chi connectivity index (χ3v) is 6.23. The lowest BCUT2D eigenvalue weighted by Gasteiger charge is -2.19. The summed E-state index contributed by atoms with van der Waals surface area (Å²) in [5.41, 5.74) is 5.78. The van der Waals surface area contributed by atoms with Gasteiger partial charge in [0.25, 0.3) is 11.8 Å². The molecule has 0 aromatic heterocycles. The van der Waals surface area contributed by atoms with Gasteiger partial charge in [-0.05, 0) is 55.7 Å². The van der Waals surface area contributed by atoms with Crippen LogP contribution in [0.5, 0.6) is 0 Å². The molecule has 4 nitrogen and oxygen atoms in total. The number of rotatable bonds is 5. The SMILES string of the molecule is Cc1ccc(C=C2Sc3ccc(C(=O)NCCc4ccc(C)cc4)cc3NC2=O)cc1. The van der Waals surface area contributed by atoms with Crippen LogP contribution in [0, 0.1) is 13.8 Å². The molecule has 0 atom stereocenters. The first-order chi connectivity index (χ1) is 15.0. The van der Waals surface area contributed by atoms with Crippen LogP contribution in [0.4, 0.5) is 5.69 Å². The molecule has 1 heterocycles. The van der Waals surface area contributed by atoms with E-state index in [0.717, 1.165) is 16.9 Å². The Hall–Kier alpha value is -3.31. The lowest BCUT2D eigenvalue weighted by molar-refractivity contribution is -0.112. The number of carbonyl (C=O) groups excluding carboxylic acids is 2. The summed E-state index contributed by atoms with van der Waals surface area (Å²) in [6, 6.07) is 21.8. The van der Waals surface area contributed by atoms with E-state index < -0.39 is 0 Å². The normalized spacial score (nSPS) is 14.1. The summed E-state index contributed by atoms with van der Waals surface area (Å²) in [7, 11) is 0. The van der Waals surface area contributed by atoms with Crippen LogP contribution in [0.3, 0.4) is 0 Å². The fourth-order valence-corrected chi connectivity index (χ4v) is 4.22. The molecule has 4 rings (SSSR count). The molecule has 3 aromatic carbocycles. The van der Waals surface area contributed by atoms with Crippen LogP contribution in [-0.4, -0.2) is 18.4 Å². The summed E-state index contributed by atoms with van der Waals surface area (Å²) in [4.78, 5) is 26.7. The van der Waals surface area contributed by atoms with Gasteiger partial charge in [0.15, 0.2) is 0 Å². The zero-order valence-corrected chi connectivity index (χ0v) is 18.4. The molecule has 0 saturated heterocycles. The fourth-order valence-electron chi connectivity index (χ4n) is 3.29. The molecule has 5 heteroatoms. The summed E-state index contributed by atoms with van der Waals surface area (Å²) < 4.78 is 0. The van der Waals surface area contributed by atoms with Crippen LogP contribution in [0.25, 0.3) is 6.08 Å². The average Bonchev–Trinajstić information content (AvgIpc) is 2.77. The minimum atomic E-state index is -0.157. The summed E-state index contributed by atoms with van der Waals surface area (Å²) in [5.74, 6) is -0.301. The smallest absolute Gasteiger partial charge is 0.262 e. The predicted octanol–water partition coefficient (Wildman–Crippen LogP) is 5.36. The highest BCUT2D eigenvalue weighted by atomic mass is 32.2. The maximum absolute atomic E-state index is 12.6. The van der Waals surface area contributed by atoms with Gasteiger partial charge in [0.1, 0.15) is 0 Å². The molecule has 3 aromatic rings. The molecule has 0 fully saturated rings. The number of thioether (sulfide) groups is 1. The Labute approximate surface area is 186 Å². The molecule has 0 saturated carbocycles. The molecule has 2 N–H and O–H groups in total. The third kappa shape index (κ3) is 5.25. The van der Waals surface area contributed by atoms with Crippen molar-refractivity contribution in [3.63, 3.8) is 0 Å². The molecule has 2 amide bonds. The minimum Gasteiger partial charge on any atom is -0.352 e. The van der Waals surface area contributed by atoms with E-state index in [4.69, 9.17) is 0 Å². The quantitative estimate of drug-likeness (QED) is 0.538. The van der Waals surface area contributed by atoms with Gasteiger partial charge in [-0.3, -0.25) is 9.59 Å². The molecule has 0 bridgehead atoms. The van der Waals surface area contributed by atoms with Crippen molar-refractivity contribution >= 4 is 35.3 Å². The van der Waals surface area contributed by atoms with E-state index in [9.17, 15) is 9.59 Å². The van der Waals surface area contributed by atoms with Gasteiger partial charge < -0.3 is 10.6 Å². The Morgan fingerprint density at radius 3 is 2.35 bits per heavy atom. The first-order valence-corrected chi connectivity index (χ1v) is 11.0. The van der Waals surface area contributed by atoms with Crippen molar-refractivity contribution in [3.05, 3.63) is 99.5 Å². The zero-order valence-electron chi connectivity index (χ0n) is 17.6. The van der Waals surface area contributed by atoms with Crippen LogP contribution < -0.4 is 10.6 Å². The second-order valence-electron chi connectivity index (χ2n) is 7.68. The number of fused-ring (bicyclic) bond motifs is 1. The van der Waals surface area contributed by atoms with Gasteiger partial charge in [-0.25, -0.2) is 0 Å². The number of nitrogens with one attached hydrogen (secondary N) is 2. The lowest BCUT2D eigenvalue weighted by atomic mass is 10.1. The molecule has 31 heavy (non-hydrogen) atoms. The predicted molar refractivity (Wildman–Crippen MR) is 127 cm³/mol. The molecule has 156 valence electrons. The second-order valence-corrected chi connectivity index (χ2v) is 8.76. The number of carbonyl (C=O) groups is 2. The molecule has 0 aliphatic carbocycles. The second kappa shape index (κ2) is 9.23. The van der Waals surface area contributed by atoms with Crippen molar-refractivity contribution in [2.75, 3.05) is 11.9 Å². The average molecular weight is 429 g/mol. The highest BCUT2D eigenvalue weighted by Crippen LogP contribution is 2.39. The van der Waals surface area contributed by atoms with E-state index in [-0.39, 0.29) is 11.8 Å². The van der Waals surface area contributed by atoms with Crippen molar-refractivity contribution in [2.24, 2.45) is 0 Å². The molecular weight excluding hydrogens is 404 g/mol. The van der Waals surface area contributed by atoms with Gasteiger partial charge in [0, 0.05) is 17.0 Å². The maximum atomic E-state index is 12.6. The molecule has 0 spiro atoms. The first kappa shape index (κ1) is 20.9. The summed E-state index contributed by atoms with van der Waals surface area (Å²) in [5, 5.41) is 5.87. The Kier molecular flexibility index (Phi) is 6.23. The first-order valence-electron chi connectivity index (χ1n) is 10.2. The Bertz CT molecular complexity index is 1150. The van der Waals surface area contributed by atoms with Gasteiger partial charge in [-0.15, -0.1) is 0 Å². The number of amides is 2. The van der Waals surface area contributed by atoms with Crippen molar-refractivity contribution in [1.29, 1.82) is 0 Å². The van der Waals surface area contributed by atoms with Crippen molar-refractivity contribution < 1.29 is 9.59 Å². The van der Waals surface area contributed by atoms with Gasteiger partial charge >= 0.3 is 0 Å². The van der Waals surface area contributed by atoms with Gasteiger partial charge in [0.2, 0.25) is 0 Å². The van der Waals surface area contributed by atoms with Crippen LogP contribution in [0.2, 0.25) is 0 Å². The highest BCUT2D eigenvalue weighted by molar-refractivity contribution is 8.04. The van der Waals surface area contributed by atoms with Gasteiger partial charge in [-0.1, -0.05) is 71.4 Å². The van der Waals surface area contributed by atoms with Crippen molar-refractivity contribution in [2.45, 2.75) is 25.2 Å². The van der Waals surface area contributed by atoms with E-state index in [1.807, 2.05) is 43.3 Å². The highest BCUT2D eigenvalue weighted by Gasteiger charge is 2.22. The van der Waals surface area contributed by atoms with Crippen molar-refractivity contribution in [1.82, 2.24) is 5.32 Å². The number of anilines is 1. The van der Waals surface area contributed by atoms with Crippen LogP contribution in [0.1, 0.15) is 32.6 Å². The number of hydrogen-bond donors (Lipinski definition) is 2. The van der Waals surface area contributed by atoms with Crippen LogP contribution in [0.15, 0.2) is 76.5 Å². The maximum Gasteiger partial charge on any atom is 0.262 e. The standard InChI is InChI=1S/C26H24N2O2S/c1-17-3-7-19(8-4-17)13-14-27-25(29)21-11-12-23-22(16-21)28-26(30)24(31-23)15-20-9-5-18(2)6-10-20/h3-12,15-16H,13-14H2,1-2H3,(H,27,29)(H,28,30). The number of hydrogen-bond acceptors (Lipinski definition) is 3. The largest absolute Gasteiger partial charge is 0.352 e. The summed E-state index contributed by atoms with van der Waals surface area (Å²) in [6.07, 6.45) is 2.66. The topological polar surface area (TPSA) is 58.2 Å². The third-order valence-electron chi connectivity index (χ3n) is 5.13.